The van der Waals surface area contributed by atoms with Gasteiger partial charge in [-0.1, -0.05) is 30.3 Å². The molecule has 5 aromatic rings. The molecule has 178 valence electrons. The van der Waals surface area contributed by atoms with Gasteiger partial charge in [0, 0.05) is 34.2 Å². The maximum atomic E-state index is 12.1. The van der Waals surface area contributed by atoms with E-state index in [-0.39, 0.29) is 45.4 Å². The van der Waals surface area contributed by atoms with E-state index in [1.165, 1.54) is 36.4 Å². The number of hydrazone groups is 1. The third kappa shape index (κ3) is 4.28. The highest BCUT2D eigenvalue weighted by atomic mass is 16.3. The molecule has 0 radical (unpaired) electrons. The third-order valence-corrected chi connectivity index (χ3v) is 5.62. The number of rotatable bonds is 5. The zero-order chi connectivity index (χ0) is 25.2. The molecule has 36 heavy (non-hydrogen) atoms. The van der Waals surface area contributed by atoms with Crippen LogP contribution in [-0.2, 0) is 0 Å². The van der Waals surface area contributed by atoms with E-state index < -0.39 is 0 Å². The lowest BCUT2D eigenvalue weighted by atomic mass is 10.00. The van der Waals surface area contributed by atoms with Crippen molar-refractivity contribution in [1.82, 2.24) is 10.2 Å². The molecule has 9 nitrogen and oxygen atoms in total. The summed E-state index contributed by atoms with van der Waals surface area (Å²) in [5, 5.41) is 52.5. The third-order valence-electron chi connectivity index (χ3n) is 5.62. The van der Waals surface area contributed by atoms with Gasteiger partial charge in [-0.3, -0.25) is 10.2 Å². The van der Waals surface area contributed by atoms with E-state index >= 15 is 0 Å². The minimum atomic E-state index is -0.260. The Kier molecular flexibility index (Phi) is 5.71. The first-order valence-electron chi connectivity index (χ1n) is 10.9. The normalized spacial score (nSPS) is 10.8. The van der Waals surface area contributed by atoms with Crippen LogP contribution in [0.5, 0.6) is 23.0 Å². The number of aromatic amines is 1. The van der Waals surface area contributed by atoms with Crippen LogP contribution < -0.4 is 11.0 Å². The average Bonchev–Trinajstić information content (AvgIpc) is 2.87. The van der Waals surface area contributed by atoms with Crippen LogP contribution in [0.1, 0.15) is 11.1 Å². The molecule has 0 saturated heterocycles. The van der Waals surface area contributed by atoms with Crippen LogP contribution in [-0.4, -0.2) is 36.3 Å². The van der Waals surface area contributed by atoms with E-state index in [0.717, 1.165) is 10.9 Å². The smallest absolute Gasteiger partial charge is 0.272 e. The number of fused-ring (bicyclic) bond motifs is 1. The van der Waals surface area contributed by atoms with E-state index in [1.54, 1.807) is 24.3 Å². The van der Waals surface area contributed by atoms with Crippen LogP contribution in [0.2, 0.25) is 0 Å². The lowest BCUT2D eigenvalue weighted by Gasteiger charge is -2.12. The topological polar surface area (TPSA) is 151 Å². The van der Waals surface area contributed by atoms with Crippen molar-refractivity contribution in [2.45, 2.75) is 0 Å². The number of phenolic OH excluding ortho intramolecular Hbond substituents is 4. The average molecular weight is 480 g/mol. The Morgan fingerprint density at radius 1 is 0.750 bits per heavy atom. The van der Waals surface area contributed by atoms with E-state index in [2.05, 4.69) is 20.7 Å². The van der Waals surface area contributed by atoms with E-state index in [4.69, 9.17) is 0 Å². The Morgan fingerprint density at radius 3 is 1.92 bits per heavy atom. The largest absolute Gasteiger partial charge is 0.508 e. The molecule has 0 aliphatic rings. The van der Waals surface area contributed by atoms with Crippen LogP contribution in [0.15, 0.2) is 94.8 Å². The van der Waals surface area contributed by atoms with E-state index in [9.17, 15) is 25.2 Å². The molecule has 0 bridgehead atoms. The predicted octanol–water partition coefficient (Wildman–Crippen LogP) is 4.28. The second-order valence-corrected chi connectivity index (χ2v) is 8.00. The van der Waals surface area contributed by atoms with Crippen LogP contribution in [0.3, 0.4) is 0 Å². The minimum absolute atomic E-state index is 0.127. The van der Waals surface area contributed by atoms with Gasteiger partial charge in [-0.25, -0.2) is 5.10 Å². The Labute approximate surface area is 204 Å². The van der Waals surface area contributed by atoms with Gasteiger partial charge in [-0.05, 0) is 42.5 Å². The van der Waals surface area contributed by atoms with Gasteiger partial charge in [0.1, 0.15) is 28.7 Å². The van der Waals surface area contributed by atoms with Crippen LogP contribution >= 0.6 is 0 Å². The van der Waals surface area contributed by atoms with Gasteiger partial charge in [-0.2, -0.15) is 10.2 Å². The molecule has 0 unspecified atom stereocenters. The molecule has 0 atom stereocenters. The molecule has 5 rings (SSSR count). The fourth-order valence-electron chi connectivity index (χ4n) is 3.86. The minimum Gasteiger partial charge on any atom is -0.508 e. The number of hydrogen-bond donors (Lipinski definition) is 6. The summed E-state index contributed by atoms with van der Waals surface area (Å²) in [6.07, 6.45) is 0. The number of nitrogens with one attached hydrogen (secondary N) is 2. The number of H-pyrrole nitrogens is 1. The van der Waals surface area contributed by atoms with Crippen molar-refractivity contribution in [2.24, 2.45) is 5.10 Å². The monoisotopic (exact) mass is 480 g/mol. The van der Waals surface area contributed by atoms with Crippen LogP contribution in [0.25, 0.3) is 22.0 Å². The van der Waals surface area contributed by atoms with Crippen molar-refractivity contribution in [1.29, 1.82) is 0 Å². The van der Waals surface area contributed by atoms with Crippen LogP contribution in [0.4, 0.5) is 5.69 Å². The Bertz CT molecular complexity index is 1620. The highest BCUT2D eigenvalue weighted by Gasteiger charge is 2.17. The van der Waals surface area contributed by atoms with Gasteiger partial charge < -0.3 is 20.4 Å². The van der Waals surface area contributed by atoms with Gasteiger partial charge in [0.15, 0.2) is 0 Å². The molecule has 9 heteroatoms. The molecule has 0 aliphatic heterocycles. The maximum Gasteiger partial charge on any atom is 0.272 e. The standard InChI is InChI=1S/C27H20N4O5/c32-17-9-11-21(23(34)13-17)26(22-12-10-18(33)14-24(22)35)30-28-16-7-5-15(6-8-16)25-19-3-1-2-4-20(19)27(36)31-29-25/h1-14,28,32-35H,(H,31,36). The zero-order valence-corrected chi connectivity index (χ0v) is 18.7. The summed E-state index contributed by atoms with van der Waals surface area (Å²) in [4.78, 5) is 12.1. The summed E-state index contributed by atoms with van der Waals surface area (Å²) < 4.78 is 0. The number of hydrogen-bond acceptors (Lipinski definition) is 8. The molecule has 0 saturated carbocycles. The Balaban J connectivity index is 1.51. The highest BCUT2D eigenvalue weighted by molar-refractivity contribution is 6.16. The Hall–Kier alpha value is -5.31. The first kappa shape index (κ1) is 22.5. The number of benzene rings is 4. The molecular weight excluding hydrogens is 460 g/mol. The van der Waals surface area contributed by atoms with Crippen molar-refractivity contribution in [3.8, 4) is 34.3 Å². The molecule has 0 amide bonds. The predicted molar refractivity (Wildman–Crippen MR) is 137 cm³/mol. The molecule has 0 spiro atoms. The fraction of sp³-hybridized carbons (Fsp3) is 0. The van der Waals surface area contributed by atoms with Gasteiger partial charge in [0.2, 0.25) is 0 Å². The summed E-state index contributed by atoms with van der Waals surface area (Å²) in [5.41, 5.74) is 5.35. The lowest BCUT2D eigenvalue weighted by Crippen LogP contribution is -2.09. The van der Waals surface area contributed by atoms with Gasteiger partial charge >= 0.3 is 0 Å². The van der Waals surface area contributed by atoms with Gasteiger partial charge in [0.05, 0.1) is 16.8 Å². The number of phenols is 4. The molecular formula is C27H20N4O5. The van der Waals surface area contributed by atoms with Crippen molar-refractivity contribution in [2.75, 3.05) is 5.43 Å². The van der Waals surface area contributed by atoms with Gasteiger partial charge in [0.25, 0.3) is 5.56 Å². The van der Waals surface area contributed by atoms with Crippen LogP contribution in [0, 0.1) is 0 Å². The summed E-state index contributed by atoms with van der Waals surface area (Å²) in [7, 11) is 0. The Morgan fingerprint density at radius 2 is 1.33 bits per heavy atom. The summed E-state index contributed by atoms with van der Waals surface area (Å²) >= 11 is 0. The summed E-state index contributed by atoms with van der Waals surface area (Å²) in [6.45, 7) is 0. The molecule has 4 aromatic carbocycles. The maximum absolute atomic E-state index is 12.1. The lowest BCUT2D eigenvalue weighted by molar-refractivity contribution is 0.449. The molecule has 1 aromatic heterocycles. The van der Waals surface area contributed by atoms with E-state index in [0.29, 0.717) is 16.8 Å². The number of anilines is 1. The number of aromatic nitrogens is 2. The number of nitrogens with zero attached hydrogens (tertiary/aromatic N) is 2. The molecule has 1 heterocycles. The molecule has 0 aliphatic carbocycles. The van der Waals surface area contributed by atoms with Crippen molar-refractivity contribution in [3.05, 3.63) is 106 Å². The molecule has 6 N–H and O–H groups in total. The second kappa shape index (κ2) is 9.15. The second-order valence-electron chi connectivity index (χ2n) is 8.00. The quantitative estimate of drug-likeness (QED) is 0.162. The summed E-state index contributed by atoms with van der Waals surface area (Å²) in [5.74, 6) is -0.737. The fourth-order valence-corrected chi connectivity index (χ4v) is 3.86. The van der Waals surface area contributed by atoms with Gasteiger partial charge in [-0.15, -0.1) is 0 Å². The molecule has 0 fully saturated rings. The first-order chi connectivity index (χ1) is 17.4. The zero-order valence-electron chi connectivity index (χ0n) is 18.7. The highest BCUT2D eigenvalue weighted by Crippen LogP contribution is 2.31. The first-order valence-corrected chi connectivity index (χ1v) is 10.9. The number of aromatic hydroxyl groups is 4. The SMILES string of the molecule is O=c1[nH]nc(-c2ccc(NN=C(c3ccc(O)cc3O)c3ccc(O)cc3O)cc2)c2ccccc12. The van der Waals surface area contributed by atoms with Crippen molar-refractivity contribution >= 4 is 22.2 Å². The van der Waals surface area contributed by atoms with Crippen molar-refractivity contribution < 1.29 is 20.4 Å². The van der Waals surface area contributed by atoms with E-state index in [1.807, 2.05) is 24.3 Å². The summed E-state index contributed by atoms with van der Waals surface area (Å²) in [6, 6.07) is 22.4. The van der Waals surface area contributed by atoms with Crippen molar-refractivity contribution in [3.63, 3.8) is 0 Å².